The predicted molar refractivity (Wildman–Crippen MR) is 132 cm³/mol. The number of amides is 2. The van der Waals surface area contributed by atoms with Crippen molar-refractivity contribution < 1.29 is 14.3 Å². The molecule has 0 radical (unpaired) electrons. The molecule has 35 heavy (non-hydrogen) atoms. The zero-order valence-electron chi connectivity index (χ0n) is 20.2. The molecule has 5 rings (SSSR count). The summed E-state index contributed by atoms with van der Waals surface area (Å²) in [6.07, 6.45) is 3.89. The van der Waals surface area contributed by atoms with Gasteiger partial charge in [-0.25, -0.2) is 4.79 Å². The van der Waals surface area contributed by atoms with E-state index in [1.807, 2.05) is 30.3 Å². The summed E-state index contributed by atoms with van der Waals surface area (Å²) in [6.45, 7) is 1.03. The molecule has 1 saturated heterocycles. The van der Waals surface area contributed by atoms with Crippen LogP contribution in [0.4, 0.5) is 10.5 Å². The lowest BCUT2D eigenvalue weighted by Crippen LogP contribution is -2.52. The van der Waals surface area contributed by atoms with Gasteiger partial charge in [0.1, 0.15) is 0 Å². The van der Waals surface area contributed by atoms with Gasteiger partial charge in [-0.05, 0) is 74.3 Å². The maximum Gasteiger partial charge on any atom is 0.319 e. The van der Waals surface area contributed by atoms with Crippen LogP contribution in [0.5, 0.6) is 11.5 Å². The minimum atomic E-state index is -0.209. The zero-order valence-corrected chi connectivity index (χ0v) is 20.2. The van der Waals surface area contributed by atoms with Crippen molar-refractivity contribution in [1.29, 1.82) is 0 Å². The van der Waals surface area contributed by atoms with E-state index in [9.17, 15) is 4.79 Å². The average Bonchev–Trinajstić information content (AvgIpc) is 3.53. The fourth-order valence-corrected chi connectivity index (χ4v) is 5.77. The van der Waals surface area contributed by atoms with Gasteiger partial charge in [0.15, 0.2) is 11.5 Å². The van der Waals surface area contributed by atoms with Gasteiger partial charge in [-0.3, -0.25) is 0 Å². The van der Waals surface area contributed by atoms with Crippen molar-refractivity contribution in [3.05, 3.63) is 48.0 Å². The molecule has 0 bridgehead atoms. The highest BCUT2D eigenvalue weighted by Gasteiger charge is 2.50. The lowest BCUT2D eigenvalue weighted by atomic mass is 9.65. The normalized spacial score (nSPS) is 24.0. The van der Waals surface area contributed by atoms with Crippen LogP contribution in [0.3, 0.4) is 0 Å². The molecule has 3 unspecified atom stereocenters. The number of carbonyl (C=O) groups is 1. The average molecular weight is 478 g/mol. The van der Waals surface area contributed by atoms with E-state index < -0.39 is 0 Å². The van der Waals surface area contributed by atoms with E-state index in [-0.39, 0.29) is 17.5 Å². The minimum Gasteiger partial charge on any atom is -0.493 e. The van der Waals surface area contributed by atoms with Gasteiger partial charge in [0.2, 0.25) is 5.82 Å². The zero-order chi connectivity index (χ0) is 24.4. The summed E-state index contributed by atoms with van der Waals surface area (Å²) >= 11 is 0. The number of tetrazole rings is 1. The first-order chi connectivity index (χ1) is 17.0. The Morgan fingerprint density at radius 1 is 1.14 bits per heavy atom. The van der Waals surface area contributed by atoms with Crippen LogP contribution in [0.15, 0.2) is 42.5 Å². The standard InChI is InChI=1S/C25H31N7O3/c1-32-12-11-25(17-7-8-20(34-2)21(14-17)35-3)10-9-19(15-22(25)32)27-24(33)26-18-6-4-5-16(13-18)23-28-30-31-29-23/h4-8,13-14,19,22H,9-12,15H2,1-3H3,(H2,26,27,33)(H,28,29,30,31). The van der Waals surface area contributed by atoms with Gasteiger partial charge in [-0.15, -0.1) is 10.2 Å². The topological polar surface area (TPSA) is 117 Å². The number of nitrogens with one attached hydrogen (secondary N) is 3. The molecule has 184 valence electrons. The third kappa shape index (κ3) is 4.41. The Labute approximate surface area is 204 Å². The molecule has 2 heterocycles. The number of likely N-dealkylation sites (N-methyl/N-ethyl adjacent to an activating group) is 1. The van der Waals surface area contributed by atoms with Gasteiger partial charge in [0.05, 0.1) is 14.2 Å². The van der Waals surface area contributed by atoms with Crippen molar-refractivity contribution in [2.24, 2.45) is 0 Å². The summed E-state index contributed by atoms with van der Waals surface area (Å²) < 4.78 is 11.0. The summed E-state index contributed by atoms with van der Waals surface area (Å²) in [5, 5.41) is 20.2. The maximum atomic E-state index is 12.8. The highest BCUT2D eigenvalue weighted by molar-refractivity contribution is 5.90. The van der Waals surface area contributed by atoms with E-state index in [2.05, 4.69) is 55.3 Å². The summed E-state index contributed by atoms with van der Waals surface area (Å²) in [5.41, 5.74) is 2.78. The molecular formula is C25H31N7O3. The van der Waals surface area contributed by atoms with Crippen molar-refractivity contribution >= 4 is 11.7 Å². The Morgan fingerprint density at radius 2 is 2.00 bits per heavy atom. The van der Waals surface area contributed by atoms with Crippen LogP contribution in [0.1, 0.15) is 31.2 Å². The number of carbonyl (C=O) groups excluding carboxylic acids is 1. The molecule has 2 amide bonds. The predicted octanol–water partition coefficient (Wildman–Crippen LogP) is 3.20. The van der Waals surface area contributed by atoms with Crippen molar-refractivity contribution in [2.45, 2.75) is 43.2 Å². The highest BCUT2D eigenvalue weighted by atomic mass is 16.5. The van der Waals surface area contributed by atoms with Gasteiger partial charge < -0.3 is 25.0 Å². The number of hydrogen-bond donors (Lipinski definition) is 3. The molecule has 1 saturated carbocycles. The molecule has 3 N–H and O–H groups in total. The van der Waals surface area contributed by atoms with Gasteiger partial charge in [-0.1, -0.05) is 18.2 Å². The van der Waals surface area contributed by atoms with Crippen molar-refractivity contribution in [2.75, 3.05) is 33.1 Å². The number of anilines is 1. The first-order valence-electron chi connectivity index (χ1n) is 11.9. The number of rotatable bonds is 6. The molecule has 1 aliphatic carbocycles. The minimum absolute atomic E-state index is 0.0435. The number of methoxy groups -OCH3 is 2. The van der Waals surface area contributed by atoms with Crippen molar-refractivity contribution in [1.82, 2.24) is 30.8 Å². The molecule has 2 aliphatic rings. The molecule has 1 aliphatic heterocycles. The number of benzene rings is 2. The number of hydrogen-bond acceptors (Lipinski definition) is 7. The Balaban J connectivity index is 1.27. The van der Waals surface area contributed by atoms with Crippen LogP contribution in [-0.4, -0.2) is 71.5 Å². The van der Waals surface area contributed by atoms with Crippen LogP contribution in [0, 0.1) is 0 Å². The first kappa shape index (κ1) is 23.1. The fraction of sp³-hybridized carbons (Fsp3) is 0.440. The molecule has 3 atom stereocenters. The second kappa shape index (κ2) is 9.53. The Kier molecular flexibility index (Phi) is 6.29. The van der Waals surface area contributed by atoms with Crippen LogP contribution in [0.25, 0.3) is 11.4 Å². The second-order valence-electron chi connectivity index (χ2n) is 9.36. The third-order valence-electron chi connectivity index (χ3n) is 7.54. The number of H-pyrrole nitrogens is 1. The van der Waals surface area contributed by atoms with Gasteiger partial charge in [-0.2, -0.15) is 5.21 Å². The fourth-order valence-electron chi connectivity index (χ4n) is 5.77. The van der Waals surface area contributed by atoms with Gasteiger partial charge in [0, 0.05) is 28.7 Å². The maximum absolute atomic E-state index is 12.8. The lowest BCUT2D eigenvalue weighted by Gasteiger charge is -2.45. The van der Waals surface area contributed by atoms with E-state index in [0.29, 0.717) is 17.6 Å². The summed E-state index contributed by atoms with van der Waals surface area (Å²) in [4.78, 5) is 15.3. The largest absolute Gasteiger partial charge is 0.493 e. The molecule has 1 aromatic heterocycles. The van der Waals surface area contributed by atoms with E-state index in [4.69, 9.17) is 9.47 Å². The van der Waals surface area contributed by atoms with Crippen molar-refractivity contribution in [3.8, 4) is 22.9 Å². The second-order valence-corrected chi connectivity index (χ2v) is 9.36. The lowest BCUT2D eigenvalue weighted by molar-refractivity contribution is 0.156. The third-order valence-corrected chi connectivity index (χ3v) is 7.54. The molecule has 0 spiro atoms. The molecular weight excluding hydrogens is 446 g/mol. The van der Waals surface area contributed by atoms with Crippen molar-refractivity contribution in [3.63, 3.8) is 0 Å². The summed E-state index contributed by atoms with van der Waals surface area (Å²) in [5.74, 6) is 1.98. The Morgan fingerprint density at radius 3 is 2.77 bits per heavy atom. The number of aromatic amines is 1. The Hall–Kier alpha value is -3.66. The number of ether oxygens (including phenoxy) is 2. The van der Waals surface area contributed by atoms with Gasteiger partial charge in [0.25, 0.3) is 0 Å². The Bertz CT molecular complexity index is 1190. The van der Waals surface area contributed by atoms with Crippen LogP contribution >= 0.6 is 0 Å². The molecule has 3 aromatic rings. The number of nitrogens with zero attached hydrogens (tertiary/aromatic N) is 4. The highest BCUT2D eigenvalue weighted by Crippen LogP contribution is 2.49. The van der Waals surface area contributed by atoms with Crippen LogP contribution in [-0.2, 0) is 5.41 Å². The molecule has 10 nitrogen and oxygen atoms in total. The van der Waals surface area contributed by atoms with Gasteiger partial charge >= 0.3 is 6.03 Å². The molecule has 10 heteroatoms. The van der Waals surface area contributed by atoms with Crippen LogP contribution < -0.4 is 20.1 Å². The smallest absolute Gasteiger partial charge is 0.319 e. The number of aromatic nitrogens is 4. The first-order valence-corrected chi connectivity index (χ1v) is 11.9. The van der Waals surface area contributed by atoms with E-state index in [1.165, 1.54) is 5.56 Å². The monoisotopic (exact) mass is 477 g/mol. The van der Waals surface area contributed by atoms with Crippen LogP contribution in [0.2, 0.25) is 0 Å². The number of likely N-dealkylation sites (tertiary alicyclic amines) is 1. The molecule has 2 aromatic carbocycles. The molecule has 2 fully saturated rings. The van der Waals surface area contributed by atoms with E-state index >= 15 is 0 Å². The van der Waals surface area contributed by atoms with E-state index in [0.717, 1.165) is 49.3 Å². The quantitative estimate of drug-likeness (QED) is 0.499. The number of urea groups is 1. The summed E-state index contributed by atoms with van der Waals surface area (Å²) in [7, 11) is 5.51. The number of fused-ring (bicyclic) bond motifs is 1. The SMILES string of the molecule is COc1ccc(C23CCC(NC(=O)Nc4cccc(-c5nn[nH]n5)c4)CC2N(C)CC3)cc1OC. The van der Waals surface area contributed by atoms with E-state index in [1.54, 1.807) is 14.2 Å². The summed E-state index contributed by atoms with van der Waals surface area (Å²) in [6, 6.07) is 13.9.